The third-order valence-corrected chi connectivity index (χ3v) is 5.38. The van der Waals surface area contributed by atoms with Crippen molar-refractivity contribution < 1.29 is 31.9 Å². The normalized spacial score (nSPS) is 27.9. The highest BCUT2D eigenvalue weighted by Crippen LogP contribution is 2.29. The molecule has 1 aliphatic heterocycles. The summed E-state index contributed by atoms with van der Waals surface area (Å²) < 4.78 is 41.0. The maximum Gasteiger partial charge on any atom is 0.187 e. The van der Waals surface area contributed by atoms with Crippen LogP contribution in [0.25, 0.3) is 0 Å². The molecule has 3 unspecified atom stereocenters. The van der Waals surface area contributed by atoms with E-state index >= 15 is 0 Å². The maximum atomic E-state index is 11.0. The van der Waals surface area contributed by atoms with Crippen molar-refractivity contribution in [1.29, 1.82) is 0 Å². The molecule has 3 aromatic rings. The fourth-order valence-corrected chi connectivity index (χ4v) is 3.61. The van der Waals surface area contributed by atoms with E-state index < -0.39 is 50.5 Å². The van der Waals surface area contributed by atoms with Crippen molar-refractivity contribution in [3.8, 4) is 0 Å². The largest absolute Gasteiger partial charge is 0.394 e. The quantitative estimate of drug-likeness (QED) is 0.491. The predicted octanol–water partition coefficient (Wildman–Crippen LogP) is 3.45. The summed E-state index contributed by atoms with van der Waals surface area (Å²) in [5.41, 5.74) is 2.10. The lowest BCUT2D eigenvalue weighted by molar-refractivity contribution is -0.322. The number of hydrogen-bond acceptors (Lipinski definition) is 6. The molecule has 6 heteroatoms. The first-order valence-electron chi connectivity index (χ1n) is 12.1. The highest BCUT2D eigenvalue weighted by Gasteiger charge is 2.47. The number of ether oxygens (including phenoxy) is 4. The SMILES string of the molecule is [2H]C(O[C@H]1[C@H](O)[C@@H](CO)OC(OCc2ccccc2)[C@@H]1OC([2H])c1ccccc1)c1ccccc1. The van der Waals surface area contributed by atoms with Gasteiger partial charge in [-0.1, -0.05) is 91.0 Å². The molecule has 3 aromatic carbocycles. The Hall–Kier alpha value is -2.58. The van der Waals surface area contributed by atoms with E-state index in [0.717, 1.165) is 5.56 Å². The van der Waals surface area contributed by atoms with Gasteiger partial charge in [0.2, 0.25) is 0 Å². The second kappa shape index (κ2) is 12.0. The molecule has 174 valence electrons. The van der Waals surface area contributed by atoms with E-state index in [9.17, 15) is 10.2 Å². The van der Waals surface area contributed by atoms with Crippen LogP contribution in [0, 0.1) is 0 Å². The summed E-state index contributed by atoms with van der Waals surface area (Å²) in [6, 6.07) is 27.4. The van der Waals surface area contributed by atoms with Crippen molar-refractivity contribution in [2.24, 2.45) is 0 Å². The number of aliphatic hydroxyl groups excluding tert-OH is 2. The van der Waals surface area contributed by atoms with Gasteiger partial charge in [-0.05, 0) is 16.7 Å². The van der Waals surface area contributed by atoms with Gasteiger partial charge in [-0.3, -0.25) is 0 Å². The van der Waals surface area contributed by atoms with Gasteiger partial charge in [0.1, 0.15) is 24.4 Å². The van der Waals surface area contributed by atoms with Gasteiger partial charge in [0, 0.05) is 0 Å². The first kappa shape index (κ1) is 21.0. The minimum atomic E-state index is -1.30. The van der Waals surface area contributed by atoms with Crippen molar-refractivity contribution in [3.05, 3.63) is 108 Å². The average molecular weight is 453 g/mol. The van der Waals surface area contributed by atoms with Crippen LogP contribution in [-0.2, 0) is 38.7 Å². The summed E-state index contributed by atoms with van der Waals surface area (Å²) >= 11 is 0. The second-order valence-electron chi connectivity index (χ2n) is 7.77. The van der Waals surface area contributed by atoms with Gasteiger partial charge in [-0.15, -0.1) is 0 Å². The number of aliphatic hydroxyl groups is 2. The highest BCUT2D eigenvalue weighted by molar-refractivity contribution is 5.15. The first-order valence-corrected chi connectivity index (χ1v) is 10.9. The standard InChI is InChI=1S/C27H30O6/c28-16-23-24(29)25(30-17-20-10-4-1-5-11-20)26(31-18-21-12-6-2-7-13-21)27(33-23)32-19-22-14-8-3-9-15-22/h1-15,23-29H,16-19H2/t23-,24-,25+,26-,27?/m1/s1/i17D,18D/t17?,18?,23-,24-,25+,26-,27?. The molecule has 1 saturated heterocycles. The molecule has 7 atom stereocenters. The summed E-state index contributed by atoms with van der Waals surface area (Å²) in [6.07, 6.45) is -5.51. The van der Waals surface area contributed by atoms with Crippen LogP contribution in [0.3, 0.4) is 0 Å². The molecule has 1 heterocycles. The van der Waals surface area contributed by atoms with E-state index in [0.29, 0.717) is 11.1 Å². The molecule has 33 heavy (non-hydrogen) atoms. The van der Waals surface area contributed by atoms with Gasteiger partial charge < -0.3 is 29.2 Å². The molecule has 6 nitrogen and oxygen atoms in total. The number of hydrogen-bond donors (Lipinski definition) is 2. The van der Waals surface area contributed by atoms with Crippen molar-refractivity contribution in [1.82, 2.24) is 0 Å². The van der Waals surface area contributed by atoms with Gasteiger partial charge in [0.25, 0.3) is 0 Å². The number of benzene rings is 3. The summed E-state index contributed by atoms with van der Waals surface area (Å²) in [5, 5.41) is 20.9. The molecule has 2 N–H and O–H groups in total. The molecule has 0 radical (unpaired) electrons. The van der Waals surface area contributed by atoms with Gasteiger partial charge >= 0.3 is 0 Å². The molecule has 0 aliphatic carbocycles. The van der Waals surface area contributed by atoms with Crippen molar-refractivity contribution in [3.63, 3.8) is 0 Å². The molecule has 1 aliphatic rings. The monoisotopic (exact) mass is 452 g/mol. The fourth-order valence-electron chi connectivity index (χ4n) is 3.61. The Morgan fingerprint density at radius 2 is 1.18 bits per heavy atom. The minimum Gasteiger partial charge on any atom is -0.394 e. The summed E-state index contributed by atoms with van der Waals surface area (Å²) in [5.74, 6) is 0. The van der Waals surface area contributed by atoms with Gasteiger partial charge in [-0.25, -0.2) is 0 Å². The van der Waals surface area contributed by atoms with Crippen LogP contribution in [0.4, 0.5) is 0 Å². The molecular formula is C27H30O6. The van der Waals surface area contributed by atoms with Crippen molar-refractivity contribution in [2.75, 3.05) is 6.61 Å². The zero-order valence-electron chi connectivity index (χ0n) is 20.1. The van der Waals surface area contributed by atoms with E-state index in [2.05, 4.69) is 0 Å². The zero-order valence-corrected chi connectivity index (χ0v) is 18.1. The fraction of sp³-hybridized carbons (Fsp3) is 0.333. The van der Waals surface area contributed by atoms with E-state index in [4.69, 9.17) is 21.7 Å². The zero-order chi connectivity index (χ0) is 24.6. The highest BCUT2D eigenvalue weighted by atomic mass is 16.7. The Morgan fingerprint density at radius 3 is 1.70 bits per heavy atom. The summed E-state index contributed by atoms with van der Waals surface area (Å²) in [4.78, 5) is 0. The lowest BCUT2D eigenvalue weighted by atomic mass is 9.98. The Labute approximate surface area is 197 Å². The smallest absolute Gasteiger partial charge is 0.187 e. The van der Waals surface area contributed by atoms with Crippen LogP contribution in [0.2, 0.25) is 0 Å². The van der Waals surface area contributed by atoms with Crippen LogP contribution in [0.5, 0.6) is 0 Å². The molecule has 0 saturated carbocycles. The second-order valence-corrected chi connectivity index (χ2v) is 7.77. The Morgan fingerprint density at radius 1 is 0.697 bits per heavy atom. The van der Waals surface area contributed by atoms with Crippen molar-refractivity contribution >= 4 is 0 Å². The van der Waals surface area contributed by atoms with E-state index in [-0.39, 0.29) is 6.61 Å². The third-order valence-electron chi connectivity index (χ3n) is 5.38. The van der Waals surface area contributed by atoms with Crippen LogP contribution in [0.15, 0.2) is 91.0 Å². The molecule has 0 amide bonds. The van der Waals surface area contributed by atoms with Crippen LogP contribution in [0.1, 0.15) is 19.4 Å². The Kier molecular flexibility index (Phi) is 7.66. The average Bonchev–Trinajstić information content (AvgIpc) is 2.91. The lowest BCUT2D eigenvalue weighted by Gasteiger charge is -2.43. The topological polar surface area (TPSA) is 77.4 Å². The lowest BCUT2D eigenvalue weighted by Crippen LogP contribution is -2.60. The van der Waals surface area contributed by atoms with Crippen LogP contribution < -0.4 is 0 Å². The van der Waals surface area contributed by atoms with E-state index in [1.807, 2.05) is 42.5 Å². The minimum absolute atomic E-state index is 0.184. The van der Waals surface area contributed by atoms with Gasteiger partial charge in [-0.2, -0.15) is 0 Å². The summed E-state index contributed by atoms with van der Waals surface area (Å²) in [6.45, 7) is -2.54. The summed E-state index contributed by atoms with van der Waals surface area (Å²) in [7, 11) is 0. The van der Waals surface area contributed by atoms with Crippen LogP contribution >= 0.6 is 0 Å². The molecule has 4 rings (SSSR count). The molecule has 0 spiro atoms. The number of rotatable bonds is 10. The van der Waals surface area contributed by atoms with Gasteiger partial charge in [0.15, 0.2) is 6.29 Å². The first-order chi connectivity index (χ1) is 17.1. The van der Waals surface area contributed by atoms with E-state index in [1.165, 1.54) is 0 Å². The van der Waals surface area contributed by atoms with Crippen molar-refractivity contribution in [2.45, 2.75) is 50.5 Å². The van der Waals surface area contributed by atoms with E-state index in [1.54, 1.807) is 48.5 Å². The molecular weight excluding hydrogens is 420 g/mol. The predicted molar refractivity (Wildman–Crippen MR) is 123 cm³/mol. The molecule has 1 fully saturated rings. The molecule has 0 bridgehead atoms. The van der Waals surface area contributed by atoms with Crippen LogP contribution in [-0.4, -0.2) is 47.5 Å². The molecule has 0 aromatic heterocycles. The maximum absolute atomic E-state index is 11.0. The Balaban J connectivity index is 1.60. The third kappa shape index (κ3) is 6.48. The Bertz CT molecular complexity index is 1010. The van der Waals surface area contributed by atoms with Gasteiger partial charge in [0.05, 0.1) is 29.1 Å².